The van der Waals surface area contributed by atoms with Gasteiger partial charge in [-0.15, -0.1) is 11.8 Å². The summed E-state index contributed by atoms with van der Waals surface area (Å²) in [6.07, 6.45) is 1.78. The molecule has 14 heteroatoms. The van der Waals surface area contributed by atoms with Crippen molar-refractivity contribution in [1.82, 2.24) is 14.5 Å². The molecule has 1 aliphatic heterocycles. The summed E-state index contributed by atoms with van der Waals surface area (Å²) in [5.74, 6) is -0.153. The van der Waals surface area contributed by atoms with Gasteiger partial charge in [0.2, 0.25) is 0 Å². The fourth-order valence-corrected chi connectivity index (χ4v) is 10.7. The molecule has 1 heterocycles. The largest absolute Gasteiger partial charge is 0.380 e. The molecule has 1 atom stereocenters. The van der Waals surface area contributed by atoms with Crippen LogP contribution < -0.4 is 14.9 Å². The van der Waals surface area contributed by atoms with Crippen molar-refractivity contribution in [1.29, 1.82) is 0 Å². The third-order valence-corrected chi connectivity index (χ3v) is 14.8. The number of carbonyl (C=O) groups is 1. The van der Waals surface area contributed by atoms with Gasteiger partial charge in [0, 0.05) is 90.6 Å². The molecule has 0 bridgehead atoms. The van der Waals surface area contributed by atoms with Crippen LogP contribution in [-0.4, -0.2) is 95.4 Å². The number of piperazine rings is 1. The first-order valence-corrected chi connectivity index (χ1v) is 25.3. The van der Waals surface area contributed by atoms with Gasteiger partial charge in [0.15, 0.2) is 9.84 Å². The molecule has 2 N–H and O–H groups in total. The van der Waals surface area contributed by atoms with E-state index in [4.69, 9.17) is 11.6 Å². The van der Waals surface area contributed by atoms with Crippen molar-refractivity contribution >= 4 is 60.5 Å². The number of halogens is 1. The quantitative estimate of drug-likeness (QED) is 0.0826. The summed E-state index contributed by atoms with van der Waals surface area (Å²) in [6.45, 7) is 13.5. The molecule has 0 aliphatic carbocycles. The second-order valence-corrected chi connectivity index (χ2v) is 21.2. The highest BCUT2D eigenvalue weighted by atomic mass is 35.5. The van der Waals surface area contributed by atoms with Crippen LogP contribution in [0.15, 0.2) is 136 Å². The highest BCUT2D eigenvalue weighted by molar-refractivity contribution is 7.99. The molecule has 0 radical (unpaired) electrons. The molecule has 1 saturated heterocycles. The molecule has 1 fully saturated rings. The van der Waals surface area contributed by atoms with E-state index in [2.05, 4.69) is 70.6 Å². The molecule has 61 heavy (non-hydrogen) atoms. The Morgan fingerprint density at radius 3 is 2.07 bits per heavy atom. The number of carbonyl (C=O) groups excluding carboxylic acids is 1. The number of amides is 1. The smallest absolute Gasteiger partial charge is 0.264 e. The number of nitrogens with zero attached hydrogens (tertiary/aromatic N) is 3. The molecule has 5 aromatic carbocycles. The van der Waals surface area contributed by atoms with Gasteiger partial charge < -0.3 is 10.2 Å². The second-order valence-electron chi connectivity index (χ2n) is 16.0. The number of hydrogen-bond donors (Lipinski definition) is 2. The Balaban J connectivity index is 1.09. The molecule has 1 aliphatic rings. The zero-order valence-corrected chi connectivity index (χ0v) is 38.6. The van der Waals surface area contributed by atoms with Crippen molar-refractivity contribution in [2.75, 3.05) is 54.9 Å². The van der Waals surface area contributed by atoms with Gasteiger partial charge in [-0.3, -0.25) is 14.6 Å². The Bertz CT molecular complexity index is 2450. The van der Waals surface area contributed by atoms with Crippen LogP contribution >= 0.6 is 23.4 Å². The summed E-state index contributed by atoms with van der Waals surface area (Å²) in [6, 6.07) is 37.6. The first kappa shape index (κ1) is 46.1. The first-order chi connectivity index (χ1) is 29.1. The third kappa shape index (κ3) is 12.6. The molecule has 0 saturated carbocycles. The molecular formula is C47H56ClN5O5S3. The van der Waals surface area contributed by atoms with Gasteiger partial charge in [0.1, 0.15) is 0 Å². The molecule has 0 aromatic heterocycles. The number of sulfone groups is 1. The number of hydrogen-bond acceptors (Lipinski definition) is 10. The van der Waals surface area contributed by atoms with Crippen molar-refractivity contribution in [3.05, 3.63) is 137 Å². The molecular weight excluding hydrogens is 846 g/mol. The molecule has 324 valence electrons. The van der Waals surface area contributed by atoms with Crippen molar-refractivity contribution in [2.45, 2.75) is 73.5 Å². The summed E-state index contributed by atoms with van der Waals surface area (Å²) >= 11 is 7.80. The van der Waals surface area contributed by atoms with Crippen LogP contribution in [0.25, 0.3) is 11.1 Å². The highest BCUT2D eigenvalue weighted by Gasteiger charge is 2.26. The molecule has 0 spiro atoms. The Labute approximate surface area is 371 Å². The molecule has 5 aromatic rings. The number of thioether (sulfide) groups is 1. The van der Waals surface area contributed by atoms with Crippen LogP contribution in [-0.2, 0) is 26.4 Å². The topological polar surface area (TPSA) is 119 Å². The fourth-order valence-electron chi connectivity index (χ4n) is 7.68. The number of nitrogens with one attached hydrogen (secondary N) is 2. The van der Waals surface area contributed by atoms with Crippen molar-refractivity contribution in [3.8, 4) is 11.1 Å². The predicted octanol–water partition coefficient (Wildman–Crippen LogP) is 8.93. The van der Waals surface area contributed by atoms with Crippen molar-refractivity contribution in [3.63, 3.8) is 0 Å². The van der Waals surface area contributed by atoms with Gasteiger partial charge in [-0.05, 0) is 118 Å². The monoisotopic (exact) mass is 901 g/mol. The van der Waals surface area contributed by atoms with Crippen LogP contribution in [0.3, 0.4) is 0 Å². The molecule has 1 amide bonds. The molecule has 10 nitrogen and oxygen atoms in total. The maximum Gasteiger partial charge on any atom is 0.264 e. The van der Waals surface area contributed by atoms with E-state index in [1.165, 1.54) is 23.3 Å². The molecule has 0 unspecified atom stereocenters. The Hall–Kier alpha value is -4.37. The second kappa shape index (κ2) is 20.7. The van der Waals surface area contributed by atoms with Gasteiger partial charge in [-0.2, -0.15) is 0 Å². The standard InChI is InChI=1S/C47H56ClN5O5S3/c1-34(2)53(35(3)4)26-25-40(33-59-42-12-7-6-8-13-42)49-45-24-23-43(31-46(45)60(5,55)56)61(57,58)50-47(54)37-17-21-41(22-18-37)52-29-27-51(28-30-52)32-38-11-9-10-14-44(38)36-15-19-39(48)20-16-36/h6-24,31,34-35,40,49H,25-30,32-33H2,1-5H3,(H,50,54)/t40-/m1/s1. The lowest BCUT2D eigenvalue weighted by Gasteiger charge is -2.36. The maximum absolute atomic E-state index is 13.6. The van der Waals surface area contributed by atoms with Crippen LogP contribution in [0.2, 0.25) is 5.02 Å². The lowest BCUT2D eigenvalue weighted by molar-refractivity contribution is 0.0981. The fraction of sp³-hybridized carbons (Fsp3) is 0.340. The zero-order chi connectivity index (χ0) is 43.7. The van der Waals surface area contributed by atoms with E-state index in [0.29, 0.717) is 28.5 Å². The number of anilines is 2. The number of benzene rings is 5. The minimum absolute atomic E-state index is 0.136. The minimum Gasteiger partial charge on any atom is -0.380 e. The van der Waals surface area contributed by atoms with Gasteiger partial charge in [0.05, 0.1) is 15.5 Å². The van der Waals surface area contributed by atoms with E-state index in [9.17, 15) is 21.6 Å². The van der Waals surface area contributed by atoms with Crippen LogP contribution in [0.4, 0.5) is 11.4 Å². The number of sulfonamides is 1. The summed E-state index contributed by atoms with van der Waals surface area (Å²) < 4.78 is 55.7. The van der Waals surface area contributed by atoms with E-state index in [-0.39, 0.29) is 21.4 Å². The average Bonchev–Trinajstić information content (AvgIpc) is 3.23. The van der Waals surface area contributed by atoms with Gasteiger partial charge in [0.25, 0.3) is 15.9 Å². The van der Waals surface area contributed by atoms with E-state index >= 15 is 0 Å². The van der Waals surface area contributed by atoms with Gasteiger partial charge in [-0.1, -0.05) is 66.2 Å². The first-order valence-electron chi connectivity index (χ1n) is 20.6. The number of rotatable bonds is 18. The summed E-state index contributed by atoms with van der Waals surface area (Å²) in [5.41, 5.74) is 4.98. The van der Waals surface area contributed by atoms with Crippen molar-refractivity contribution < 1.29 is 21.6 Å². The molecule has 6 rings (SSSR count). The predicted molar refractivity (Wildman–Crippen MR) is 251 cm³/mol. The average molecular weight is 903 g/mol. The van der Waals surface area contributed by atoms with E-state index < -0.39 is 25.8 Å². The Kier molecular flexibility index (Phi) is 15.6. The lowest BCUT2D eigenvalue weighted by Crippen LogP contribution is -2.46. The minimum atomic E-state index is -4.43. The van der Waals surface area contributed by atoms with Gasteiger partial charge >= 0.3 is 0 Å². The summed E-state index contributed by atoms with van der Waals surface area (Å²) in [4.78, 5) is 21.0. The third-order valence-electron chi connectivity index (χ3n) is 10.9. The van der Waals surface area contributed by atoms with Crippen LogP contribution in [0.5, 0.6) is 0 Å². The maximum atomic E-state index is 13.6. The van der Waals surface area contributed by atoms with E-state index in [1.54, 1.807) is 23.9 Å². The van der Waals surface area contributed by atoms with Crippen LogP contribution in [0, 0.1) is 0 Å². The highest BCUT2D eigenvalue weighted by Crippen LogP contribution is 2.30. The lowest BCUT2D eigenvalue weighted by atomic mass is 9.99. The SMILES string of the molecule is CC(C)N(CC[C@H](CSc1ccccc1)Nc1ccc(S(=O)(=O)NC(=O)c2ccc(N3CCN(Cc4ccccc4-c4ccc(Cl)cc4)CC3)cc2)cc1S(C)(=O)=O)C(C)C. The van der Waals surface area contributed by atoms with E-state index in [0.717, 1.165) is 74.2 Å². The summed E-state index contributed by atoms with van der Waals surface area (Å²) in [5, 5.41) is 4.15. The normalized spacial score (nSPS) is 14.4. The Morgan fingerprint density at radius 1 is 0.787 bits per heavy atom. The van der Waals surface area contributed by atoms with Crippen molar-refractivity contribution in [2.24, 2.45) is 0 Å². The van der Waals surface area contributed by atoms with Crippen LogP contribution in [0.1, 0.15) is 50.0 Å². The van der Waals surface area contributed by atoms with E-state index in [1.807, 2.05) is 72.8 Å². The Morgan fingerprint density at radius 2 is 1.43 bits per heavy atom. The van der Waals surface area contributed by atoms with Gasteiger partial charge in [-0.25, -0.2) is 21.6 Å². The summed E-state index contributed by atoms with van der Waals surface area (Å²) in [7, 11) is -8.32. The zero-order valence-electron chi connectivity index (χ0n) is 35.4.